The smallest absolute Gasteiger partial charge is 0.175 e. The van der Waals surface area contributed by atoms with Crippen LogP contribution in [0.2, 0.25) is 0 Å². The van der Waals surface area contributed by atoms with Crippen LogP contribution >= 0.6 is 24.0 Å². The highest BCUT2D eigenvalue weighted by molar-refractivity contribution is 8.16. The quantitative estimate of drug-likeness (QED) is 0.800. The first-order valence-corrected chi connectivity index (χ1v) is 8.97. The molecule has 0 radical (unpaired) electrons. The molecule has 6 heteroatoms. The number of hydrogen-bond donors (Lipinski definition) is 2. The summed E-state index contributed by atoms with van der Waals surface area (Å²) in [5.74, 6) is 0. The standard InChI is InChI=1S/C18H16N4S2/c23-17(19-14-6-2-1-3-7-14)20-15-8-4-5-13(11-15)16-12-22-9-10-24-18(22)21-16/h1-11,16H,12H2,(H2,19,20,23). The van der Waals surface area contributed by atoms with Crippen molar-refractivity contribution in [2.24, 2.45) is 4.99 Å². The molecule has 1 atom stereocenters. The Morgan fingerprint density at radius 1 is 1.08 bits per heavy atom. The van der Waals surface area contributed by atoms with Crippen LogP contribution in [0.5, 0.6) is 0 Å². The van der Waals surface area contributed by atoms with Gasteiger partial charge in [0.1, 0.15) is 0 Å². The highest BCUT2D eigenvalue weighted by Crippen LogP contribution is 2.33. The first-order valence-electron chi connectivity index (χ1n) is 7.69. The molecule has 1 unspecified atom stereocenters. The maximum absolute atomic E-state index is 5.39. The van der Waals surface area contributed by atoms with Crippen LogP contribution in [-0.2, 0) is 0 Å². The van der Waals surface area contributed by atoms with Gasteiger partial charge in [0.25, 0.3) is 0 Å². The number of nitrogens with one attached hydrogen (secondary N) is 2. The second-order valence-electron chi connectivity index (χ2n) is 5.55. The van der Waals surface area contributed by atoms with Gasteiger partial charge in [-0.05, 0) is 47.5 Å². The van der Waals surface area contributed by atoms with Gasteiger partial charge in [-0.1, -0.05) is 42.1 Å². The lowest BCUT2D eigenvalue weighted by atomic mass is 10.1. The van der Waals surface area contributed by atoms with Gasteiger partial charge in [-0.3, -0.25) is 4.99 Å². The van der Waals surface area contributed by atoms with Gasteiger partial charge < -0.3 is 15.5 Å². The highest BCUT2D eigenvalue weighted by atomic mass is 32.2. The summed E-state index contributed by atoms with van der Waals surface area (Å²) in [4.78, 5) is 6.97. The number of thioether (sulfide) groups is 1. The number of benzene rings is 2. The molecule has 0 amide bonds. The summed E-state index contributed by atoms with van der Waals surface area (Å²) in [5.41, 5.74) is 3.13. The summed E-state index contributed by atoms with van der Waals surface area (Å²) in [6.07, 6.45) is 2.09. The molecule has 2 N–H and O–H groups in total. The van der Waals surface area contributed by atoms with Gasteiger partial charge in [0.05, 0.1) is 12.6 Å². The molecule has 0 aliphatic carbocycles. The molecule has 120 valence electrons. The summed E-state index contributed by atoms with van der Waals surface area (Å²) in [6.45, 7) is 0.898. The number of nitrogens with zero attached hydrogens (tertiary/aromatic N) is 2. The van der Waals surface area contributed by atoms with Crippen molar-refractivity contribution in [3.05, 3.63) is 71.8 Å². The van der Waals surface area contributed by atoms with E-state index in [9.17, 15) is 0 Å². The molecule has 0 aromatic heterocycles. The van der Waals surface area contributed by atoms with Crippen molar-refractivity contribution in [3.8, 4) is 0 Å². The second-order valence-corrected chi connectivity index (χ2v) is 6.83. The van der Waals surface area contributed by atoms with Crippen molar-refractivity contribution in [1.82, 2.24) is 4.90 Å². The third kappa shape index (κ3) is 3.29. The van der Waals surface area contributed by atoms with Crippen LogP contribution in [0.25, 0.3) is 0 Å². The number of amidine groups is 1. The Kier molecular flexibility index (Phi) is 4.23. The van der Waals surface area contributed by atoms with E-state index in [1.807, 2.05) is 42.5 Å². The fourth-order valence-corrected chi connectivity index (χ4v) is 3.74. The number of fused-ring (bicyclic) bond motifs is 1. The van der Waals surface area contributed by atoms with Gasteiger partial charge >= 0.3 is 0 Å². The zero-order valence-electron chi connectivity index (χ0n) is 12.8. The van der Waals surface area contributed by atoms with Crippen LogP contribution in [0, 0.1) is 0 Å². The molecular weight excluding hydrogens is 336 g/mol. The molecule has 4 nitrogen and oxygen atoms in total. The molecule has 0 saturated carbocycles. The van der Waals surface area contributed by atoms with Gasteiger partial charge in [-0.15, -0.1) is 0 Å². The number of anilines is 2. The monoisotopic (exact) mass is 352 g/mol. The Hall–Kier alpha value is -2.31. The Morgan fingerprint density at radius 2 is 1.88 bits per heavy atom. The number of para-hydroxylation sites is 1. The van der Waals surface area contributed by atoms with Crippen molar-refractivity contribution in [2.45, 2.75) is 6.04 Å². The normalized spacial score (nSPS) is 18.2. The second kappa shape index (κ2) is 6.67. The zero-order chi connectivity index (χ0) is 16.4. The van der Waals surface area contributed by atoms with Crippen molar-refractivity contribution in [2.75, 3.05) is 17.2 Å². The predicted molar refractivity (Wildman–Crippen MR) is 106 cm³/mol. The summed E-state index contributed by atoms with van der Waals surface area (Å²) in [5, 5.41) is 10.2. The fraction of sp³-hybridized carbons (Fsp3) is 0.111. The fourth-order valence-electron chi connectivity index (χ4n) is 2.72. The maximum Gasteiger partial charge on any atom is 0.175 e. The van der Waals surface area contributed by atoms with Crippen LogP contribution in [0.15, 0.2) is 71.2 Å². The first-order chi connectivity index (χ1) is 11.8. The van der Waals surface area contributed by atoms with Gasteiger partial charge in [-0.2, -0.15) is 0 Å². The Bertz CT molecular complexity index is 817. The Morgan fingerprint density at radius 3 is 2.71 bits per heavy atom. The van der Waals surface area contributed by atoms with E-state index in [4.69, 9.17) is 17.2 Å². The van der Waals surface area contributed by atoms with E-state index >= 15 is 0 Å². The van der Waals surface area contributed by atoms with E-state index in [1.54, 1.807) is 11.8 Å². The lowest BCUT2D eigenvalue weighted by Crippen LogP contribution is -2.19. The van der Waals surface area contributed by atoms with E-state index < -0.39 is 0 Å². The SMILES string of the molecule is S=C(Nc1ccccc1)Nc1cccc(C2CN3C=CSC3=N2)c1. The lowest BCUT2D eigenvalue weighted by Gasteiger charge is -2.14. The molecule has 0 saturated heterocycles. The molecule has 4 rings (SSSR count). The van der Waals surface area contributed by atoms with Gasteiger partial charge in [0.2, 0.25) is 0 Å². The van der Waals surface area contributed by atoms with E-state index in [-0.39, 0.29) is 6.04 Å². The van der Waals surface area contributed by atoms with Crippen molar-refractivity contribution in [3.63, 3.8) is 0 Å². The van der Waals surface area contributed by atoms with E-state index in [2.05, 4.69) is 39.3 Å². The summed E-state index contributed by atoms with van der Waals surface area (Å²) in [7, 11) is 0. The highest BCUT2D eigenvalue weighted by Gasteiger charge is 2.27. The van der Waals surface area contributed by atoms with Gasteiger partial charge in [0.15, 0.2) is 10.3 Å². The van der Waals surface area contributed by atoms with Crippen molar-refractivity contribution >= 4 is 45.6 Å². The maximum atomic E-state index is 5.39. The van der Waals surface area contributed by atoms with Crippen LogP contribution in [0.1, 0.15) is 11.6 Å². The topological polar surface area (TPSA) is 39.7 Å². The van der Waals surface area contributed by atoms with E-state index in [0.29, 0.717) is 5.11 Å². The molecule has 0 bridgehead atoms. The van der Waals surface area contributed by atoms with Crippen LogP contribution in [-0.4, -0.2) is 21.7 Å². The summed E-state index contributed by atoms with van der Waals surface area (Å²) >= 11 is 7.07. The summed E-state index contributed by atoms with van der Waals surface area (Å²) in [6, 6.07) is 18.4. The van der Waals surface area contributed by atoms with Crippen molar-refractivity contribution < 1.29 is 0 Å². The average molecular weight is 352 g/mol. The van der Waals surface area contributed by atoms with Crippen LogP contribution in [0.4, 0.5) is 11.4 Å². The minimum Gasteiger partial charge on any atom is -0.332 e. The molecule has 2 aliphatic heterocycles. The largest absolute Gasteiger partial charge is 0.332 e. The molecule has 2 heterocycles. The van der Waals surface area contributed by atoms with E-state index in [0.717, 1.165) is 23.1 Å². The predicted octanol–water partition coefficient (Wildman–Crippen LogP) is 4.43. The van der Waals surface area contributed by atoms with Crippen LogP contribution in [0.3, 0.4) is 0 Å². The molecule has 24 heavy (non-hydrogen) atoms. The number of thiocarbonyl (C=S) groups is 1. The van der Waals surface area contributed by atoms with Gasteiger partial charge in [-0.25, -0.2) is 0 Å². The Labute approximate surface area is 150 Å². The first kappa shape index (κ1) is 15.2. The number of aliphatic imine (C=N–C) groups is 1. The minimum absolute atomic E-state index is 0.176. The average Bonchev–Trinajstić information content (AvgIpc) is 3.17. The molecule has 0 fully saturated rings. The molecule has 2 aliphatic rings. The molecular formula is C18H16N4S2. The third-order valence-electron chi connectivity index (χ3n) is 3.86. The lowest BCUT2D eigenvalue weighted by molar-refractivity contribution is 0.558. The van der Waals surface area contributed by atoms with Gasteiger partial charge in [0, 0.05) is 17.6 Å². The van der Waals surface area contributed by atoms with Crippen molar-refractivity contribution in [1.29, 1.82) is 0 Å². The van der Waals surface area contributed by atoms with Crippen LogP contribution < -0.4 is 10.6 Å². The third-order valence-corrected chi connectivity index (χ3v) is 4.87. The molecule has 2 aromatic carbocycles. The molecule has 0 spiro atoms. The van der Waals surface area contributed by atoms with E-state index in [1.165, 1.54) is 5.56 Å². The summed E-state index contributed by atoms with van der Waals surface area (Å²) < 4.78 is 0. The zero-order valence-corrected chi connectivity index (χ0v) is 14.5. The molecule has 2 aromatic rings. The Balaban J connectivity index is 1.43. The number of rotatable bonds is 3. The number of hydrogen-bond acceptors (Lipinski definition) is 4. The minimum atomic E-state index is 0.176.